The van der Waals surface area contributed by atoms with Crippen LogP contribution in [0.5, 0.6) is 0 Å². The number of benzene rings is 1. The third-order valence-corrected chi connectivity index (χ3v) is 5.02. The molecule has 110 valence electrons. The Balaban J connectivity index is 1.88. The van der Waals surface area contributed by atoms with Crippen LogP contribution in [-0.2, 0) is 4.79 Å². The smallest absolute Gasteiger partial charge is 0.214 e. The van der Waals surface area contributed by atoms with E-state index < -0.39 is 0 Å². The Hall–Kier alpha value is -1.69. The third kappa shape index (κ3) is 3.00. The van der Waals surface area contributed by atoms with E-state index in [1.165, 1.54) is 17.3 Å². The van der Waals surface area contributed by atoms with Gasteiger partial charge >= 0.3 is 0 Å². The summed E-state index contributed by atoms with van der Waals surface area (Å²) in [5, 5.41) is 12.7. The highest BCUT2D eigenvalue weighted by molar-refractivity contribution is 8.00. The van der Waals surface area contributed by atoms with Crippen molar-refractivity contribution in [1.82, 2.24) is 20.2 Å². The molecule has 6 heteroatoms. The summed E-state index contributed by atoms with van der Waals surface area (Å²) in [4.78, 5) is 12.0. The molecule has 0 bridgehead atoms. The van der Waals surface area contributed by atoms with E-state index in [-0.39, 0.29) is 5.25 Å². The van der Waals surface area contributed by atoms with Crippen LogP contribution in [-0.4, -0.2) is 31.2 Å². The first-order valence-corrected chi connectivity index (χ1v) is 8.08. The second-order valence-corrected chi connectivity index (χ2v) is 6.65. The molecule has 1 heterocycles. The molecule has 1 atom stereocenters. The average molecular weight is 302 g/mol. The van der Waals surface area contributed by atoms with E-state index in [4.69, 9.17) is 0 Å². The maximum atomic E-state index is 12.0. The van der Waals surface area contributed by atoms with Crippen LogP contribution in [0.3, 0.4) is 0 Å². The number of hydrogen-bond acceptors (Lipinski definition) is 5. The minimum Gasteiger partial charge on any atom is -0.298 e. The van der Waals surface area contributed by atoms with Crippen molar-refractivity contribution in [2.75, 3.05) is 0 Å². The molecule has 5 nitrogen and oxygen atoms in total. The number of aryl methyl sites for hydroxylation is 2. The first-order valence-electron chi connectivity index (χ1n) is 7.20. The molecule has 1 saturated carbocycles. The quantitative estimate of drug-likeness (QED) is 0.872. The third-order valence-electron chi connectivity index (χ3n) is 3.77. The van der Waals surface area contributed by atoms with E-state index in [0.29, 0.717) is 17.4 Å². The Morgan fingerprint density at radius 3 is 2.90 bits per heavy atom. The van der Waals surface area contributed by atoms with E-state index in [9.17, 15) is 4.79 Å². The van der Waals surface area contributed by atoms with Gasteiger partial charge in [-0.2, -0.15) is 4.68 Å². The number of carbonyl (C=O) groups excluding carboxylic acids is 1. The molecule has 0 aliphatic heterocycles. The normalized spacial score (nSPS) is 19.0. The molecule has 3 rings (SSSR count). The Kier molecular flexibility index (Phi) is 4.05. The van der Waals surface area contributed by atoms with Crippen LogP contribution in [0, 0.1) is 13.8 Å². The maximum absolute atomic E-state index is 12.0. The molecule has 0 saturated heterocycles. The van der Waals surface area contributed by atoms with Gasteiger partial charge in [-0.3, -0.25) is 4.79 Å². The van der Waals surface area contributed by atoms with Crippen LogP contribution in [0.1, 0.15) is 36.8 Å². The highest BCUT2D eigenvalue weighted by Gasteiger charge is 2.26. The summed E-state index contributed by atoms with van der Waals surface area (Å²) in [6.45, 7) is 4.11. The van der Waals surface area contributed by atoms with Crippen molar-refractivity contribution in [3.63, 3.8) is 0 Å². The predicted molar refractivity (Wildman–Crippen MR) is 81.7 cm³/mol. The fourth-order valence-electron chi connectivity index (χ4n) is 2.65. The summed E-state index contributed by atoms with van der Waals surface area (Å²) in [7, 11) is 0. The average Bonchev–Trinajstić information content (AvgIpc) is 2.89. The summed E-state index contributed by atoms with van der Waals surface area (Å²) in [5.74, 6) is 0.321. The molecule has 0 radical (unpaired) electrons. The largest absolute Gasteiger partial charge is 0.298 e. The zero-order chi connectivity index (χ0) is 14.8. The van der Waals surface area contributed by atoms with Gasteiger partial charge in [-0.25, -0.2) is 0 Å². The maximum Gasteiger partial charge on any atom is 0.214 e. The lowest BCUT2D eigenvalue weighted by Crippen LogP contribution is -2.21. The van der Waals surface area contributed by atoms with E-state index in [2.05, 4.69) is 28.5 Å². The number of nitrogens with zero attached hydrogens (tertiary/aromatic N) is 4. The number of hydrogen-bond donors (Lipinski definition) is 0. The number of Topliss-reactive ketones (excluding diaryl/α,β-unsaturated/α-hetero) is 1. The summed E-state index contributed by atoms with van der Waals surface area (Å²) < 4.78 is 1.74. The van der Waals surface area contributed by atoms with E-state index in [0.717, 1.165) is 30.5 Å². The molecular weight excluding hydrogens is 284 g/mol. The van der Waals surface area contributed by atoms with E-state index >= 15 is 0 Å². The molecule has 21 heavy (non-hydrogen) atoms. The molecule has 1 aliphatic rings. The lowest BCUT2D eigenvalue weighted by Gasteiger charge is -2.19. The summed E-state index contributed by atoms with van der Waals surface area (Å²) in [6.07, 6.45) is 3.72. The SMILES string of the molecule is Cc1ccc(-n2nnnc2S[C@H]2CCCCC2=O)c(C)c1. The summed E-state index contributed by atoms with van der Waals surface area (Å²) in [5.41, 5.74) is 3.30. The molecule has 0 unspecified atom stereocenters. The molecule has 0 N–H and O–H groups in total. The second kappa shape index (κ2) is 5.97. The number of carbonyl (C=O) groups is 1. The van der Waals surface area contributed by atoms with E-state index in [1.54, 1.807) is 4.68 Å². The van der Waals surface area contributed by atoms with Crippen LogP contribution >= 0.6 is 11.8 Å². The summed E-state index contributed by atoms with van der Waals surface area (Å²) in [6, 6.07) is 6.18. The zero-order valence-electron chi connectivity index (χ0n) is 12.2. The molecule has 0 spiro atoms. The van der Waals surface area contributed by atoms with Crippen molar-refractivity contribution in [3.8, 4) is 5.69 Å². The first kappa shape index (κ1) is 14.3. The first-order chi connectivity index (χ1) is 10.1. The standard InChI is InChI=1S/C15H18N4OS/c1-10-7-8-12(11(2)9-10)19-15(16-17-18-19)21-14-6-4-3-5-13(14)20/h7-9,14H,3-6H2,1-2H3/t14-/m0/s1. The Morgan fingerprint density at radius 2 is 2.14 bits per heavy atom. The highest BCUT2D eigenvalue weighted by Crippen LogP contribution is 2.31. The van der Waals surface area contributed by atoms with Crippen molar-refractivity contribution in [2.45, 2.75) is 49.9 Å². The van der Waals surface area contributed by atoms with Gasteiger partial charge in [-0.05, 0) is 48.7 Å². The Labute approximate surface area is 128 Å². The number of rotatable bonds is 3. The number of thioether (sulfide) groups is 1. The number of aromatic nitrogens is 4. The van der Waals surface area contributed by atoms with E-state index in [1.807, 2.05) is 19.1 Å². The van der Waals surface area contributed by atoms with Gasteiger partial charge < -0.3 is 0 Å². The predicted octanol–water partition coefficient (Wildman–Crippen LogP) is 2.88. The van der Waals surface area contributed by atoms with Crippen LogP contribution in [0.2, 0.25) is 0 Å². The van der Waals surface area contributed by atoms with Gasteiger partial charge in [0.15, 0.2) is 0 Å². The van der Waals surface area contributed by atoms with Crippen LogP contribution in [0.15, 0.2) is 23.4 Å². The van der Waals surface area contributed by atoms with Crippen molar-refractivity contribution in [1.29, 1.82) is 0 Å². The minimum absolute atomic E-state index is 0.00532. The number of ketones is 1. The molecule has 2 aromatic rings. The van der Waals surface area contributed by atoms with Crippen molar-refractivity contribution in [3.05, 3.63) is 29.3 Å². The van der Waals surface area contributed by atoms with Crippen LogP contribution in [0.25, 0.3) is 5.69 Å². The lowest BCUT2D eigenvalue weighted by atomic mass is 9.99. The highest BCUT2D eigenvalue weighted by atomic mass is 32.2. The topological polar surface area (TPSA) is 60.7 Å². The monoisotopic (exact) mass is 302 g/mol. The molecular formula is C15H18N4OS. The minimum atomic E-state index is -0.00532. The molecule has 1 fully saturated rings. The zero-order valence-corrected chi connectivity index (χ0v) is 13.1. The Morgan fingerprint density at radius 1 is 1.29 bits per heavy atom. The van der Waals surface area contributed by atoms with Crippen molar-refractivity contribution >= 4 is 17.5 Å². The fourth-order valence-corrected chi connectivity index (χ4v) is 3.76. The lowest BCUT2D eigenvalue weighted by molar-refractivity contribution is -0.119. The molecule has 1 aliphatic carbocycles. The van der Waals surface area contributed by atoms with Crippen molar-refractivity contribution in [2.24, 2.45) is 0 Å². The Bertz CT molecular complexity index is 667. The van der Waals surface area contributed by atoms with Gasteiger partial charge in [0.25, 0.3) is 0 Å². The summed E-state index contributed by atoms with van der Waals surface area (Å²) >= 11 is 1.49. The second-order valence-electron chi connectivity index (χ2n) is 5.48. The van der Waals surface area contributed by atoms with Gasteiger partial charge in [-0.1, -0.05) is 35.9 Å². The van der Waals surface area contributed by atoms with Gasteiger partial charge in [0.2, 0.25) is 5.16 Å². The van der Waals surface area contributed by atoms with Gasteiger partial charge in [0, 0.05) is 6.42 Å². The van der Waals surface area contributed by atoms with Crippen molar-refractivity contribution < 1.29 is 4.79 Å². The molecule has 0 amide bonds. The molecule has 1 aromatic heterocycles. The van der Waals surface area contributed by atoms with Gasteiger partial charge in [-0.15, -0.1) is 5.10 Å². The molecule has 1 aromatic carbocycles. The van der Waals surface area contributed by atoms with Crippen LogP contribution < -0.4 is 0 Å². The number of tetrazole rings is 1. The van der Waals surface area contributed by atoms with Crippen LogP contribution in [0.4, 0.5) is 0 Å². The van der Waals surface area contributed by atoms with Gasteiger partial charge in [0.05, 0.1) is 10.9 Å². The fraction of sp³-hybridized carbons (Fsp3) is 0.467. The van der Waals surface area contributed by atoms with Gasteiger partial charge in [0.1, 0.15) is 5.78 Å².